The smallest absolute Gasteiger partial charge is 0.395 e. The van der Waals surface area contributed by atoms with Crippen molar-refractivity contribution in [2.75, 3.05) is 11.9 Å². The van der Waals surface area contributed by atoms with Gasteiger partial charge >= 0.3 is 5.88 Å². The molecule has 2 aromatic rings. The summed E-state index contributed by atoms with van der Waals surface area (Å²) in [6.07, 6.45) is 0.771. The van der Waals surface area contributed by atoms with Gasteiger partial charge in [0.05, 0.1) is 6.07 Å². The number of hydrogen-bond donors (Lipinski definition) is 1. The normalized spacial score (nSPS) is 13.3. The standard InChI is InChI=1S/C16H15N3O5/c1-10(20)18-7-6-11-2-3-13(8-12(11)9-18)17-16(21)14-4-5-15(24-14)19(22)23/h2-5,8H,6-7,9H2,1H3,(H,17,21). The molecule has 24 heavy (non-hydrogen) atoms. The Hall–Kier alpha value is -3.16. The van der Waals surface area contributed by atoms with Crippen LogP contribution in [0.5, 0.6) is 0 Å². The van der Waals surface area contributed by atoms with Crippen LogP contribution >= 0.6 is 0 Å². The largest absolute Gasteiger partial charge is 0.433 e. The minimum Gasteiger partial charge on any atom is -0.395 e. The SMILES string of the molecule is CC(=O)N1CCc2ccc(NC(=O)c3ccc([N+](=O)[O-])o3)cc2C1. The van der Waals surface area contributed by atoms with Crippen LogP contribution in [-0.4, -0.2) is 28.2 Å². The quantitative estimate of drug-likeness (QED) is 0.687. The molecule has 8 nitrogen and oxygen atoms in total. The van der Waals surface area contributed by atoms with Gasteiger partial charge in [-0.25, -0.2) is 0 Å². The van der Waals surface area contributed by atoms with Crippen molar-refractivity contribution in [3.63, 3.8) is 0 Å². The minimum absolute atomic E-state index is 0.0120. The molecule has 1 aromatic heterocycles. The van der Waals surface area contributed by atoms with Gasteiger partial charge in [0.15, 0.2) is 5.76 Å². The molecule has 1 aromatic carbocycles. The van der Waals surface area contributed by atoms with Crippen LogP contribution in [0.2, 0.25) is 0 Å². The molecule has 2 amide bonds. The van der Waals surface area contributed by atoms with E-state index >= 15 is 0 Å². The fourth-order valence-electron chi connectivity index (χ4n) is 2.64. The van der Waals surface area contributed by atoms with Gasteiger partial charge in [-0.3, -0.25) is 19.7 Å². The van der Waals surface area contributed by atoms with Crippen LogP contribution in [0.15, 0.2) is 34.7 Å². The average Bonchev–Trinajstić information content (AvgIpc) is 3.04. The average molecular weight is 329 g/mol. The van der Waals surface area contributed by atoms with Gasteiger partial charge in [-0.1, -0.05) is 6.07 Å². The molecule has 2 heterocycles. The predicted octanol–water partition coefficient (Wildman–Crippen LogP) is 2.34. The lowest BCUT2D eigenvalue weighted by Gasteiger charge is -2.28. The first-order valence-corrected chi connectivity index (χ1v) is 7.37. The van der Waals surface area contributed by atoms with Crippen molar-refractivity contribution in [2.24, 2.45) is 0 Å². The summed E-state index contributed by atoms with van der Waals surface area (Å²) in [6, 6.07) is 7.86. The van der Waals surface area contributed by atoms with Gasteiger partial charge in [-0.2, -0.15) is 0 Å². The summed E-state index contributed by atoms with van der Waals surface area (Å²) in [7, 11) is 0. The monoisotopic (exact) mass is 329 g/mol. The number of benzene rings is 1. The van der Waals surface area contributed by atoms with Gasteiger partial charge in [-0.15, -0.1) is 0 Å². The maximum Gasteiger partial charge on any atom is 0.433 e. The Morgan fingerprint density at radius 2 is 2.04 bits per heavy atom. The summed E-state index contributed by atoms with van der Waals surface area (Å²) >= 11 is 0. The molecule has 0 bridgehead atoms. The molecule has 1 N–H and O–H groups in total. The van der Waals surface area contributed by atoms with Crippen LogP contribution in [0.4, 0.5) is 11.6 Å². The third kappa shape index (κ3) is 3.12. The fourth-order valence-corrected chi connectivity index (χ4v) is 2.64. The first kappa shape index (κ1) is 15.7. The first-order chi connectivity index (χ1) is 11.4. The number of nitrogens with one attached hydrogen (secondary N) is 1. The van der Waals surface area contributed by atoms with Crippen molar-refractivity contribution in [3.8, 4) is 0 Å². The molecule has 0 atom stereocenters. The van der Waals surface area contributed by atoms with E-state index in [0.29, 0.717) is 18.8 Å². The molecule has 0 fully saturated rings. The van der Waals surface area contributed by atoms with E-state index in [1.165, 1.54) is 13.0 Å². The van der Waals surface area contributed by atoms with Gasteiger partial charge in [0.25, 0.3) is 5.91 Å². The number of fused-ring (bicyclic) bond motifs is 1. The maximum absolute atomic E-state index is 12.1. The highest BCUT2D eigenvalue weighted by Crippen LogP contribution is 2.24. The summed E-state index contributed by atoms with van der Waals surface area (Å²) in [4.78, 5) is 35.2. The van der Waals surface area contributed by atoms with Crippen LogP contribution in [-0.2, 0) is 17.8 Å². The third-order valence-corrected chi connectivity index (χ3v) is 3.92. The Labute approximate surface area is 137 Å². The van der Waals surface area contributed by atoms with Crippen molar-refractivity contribution in [1.82, 2.24) is 4.90 Å². The van der Waals surface area contributed by atoms with E-state index in [9.17, 15) is 19.7 Å². The van der Waals surface area contributed by atoms with E-state index in [-0.39, 0.29) is 11.7 Å². The highest BCUT2D eigenvalue weighted by atomic mass is 16.6. The van der Waals surface area contributed by atoms with Crippen molar-refractivity contribution >= 4 is 23.4 Å². The van der Waals surface area contributed by atoms with E-state index in [1.54, 1.807) is 17.0 Å². The van der Waals surface area contributed by atoms with Crippen LogP contribution in [0.3, 0.4) is 0 Å². The minimum atomic E-state index is -0.702. The van der Waals surface area contributed by atoms with Crippen molar-refractivity contribution < 1.29 is 18.9 Å². The molecule has 0 unspecified atom stereocenters. The molecule has 3 rings (SSSR count). The van der Waals surface area contributed by atoms with Gasteiger partial charge in [0.1, 0.15) is 4.92 Å². The molecule has 124 valence electrons. The van der Waals surface area contributed by atoms with E-state index in [0.717, 1.165) is 23.6 Å². The lowest BCUT2D eigenvalue weighted by molar-refractivity contribution is -0.402. The van der Waals surface area contributed by atoms with Crippen LogP contribution in [0.1, 0.15) is 28.6 Å². The Morgan fingerprint density at radius 1 is 1.25 bits per heavy atom. The second kappa shape index (κ2) is 6.15. The third-order valence-electron chi connectivity index (χ3n) is 3.92. The molecule has 0 spiro atoms. The molecular formula is C16H15N3O5. The second-order valence-corrected chi connectivity index (χ2v) is 5.52. The fraction of sp³-hybridized carbons (Fsp3) is 0.250. The molecule has 0 saturated heterocycles. The number of hydrogen-bond acceptors (Lipinski definition) is 5. The van der Waals surface area contributed by atoms with E-state index in [2.05, 4.69) is 5.32 Å². The number of nitro groups is 1. The van der Waals surface area contributed by atoms with Gasteiger partial charge in [0.2, 0.25) is 5.91 Å². The summed E-state index contributed by atoms with van der Waals surface area (Å²) in [5.74, 6) is -1.17. The summed E-state index contributed by atoms with van der Waals surface area (Å²) in [6.45, 7) is 2.71. The molecule has 0 saturated carbocycles. The van der Waals surface area contributed by atoms with Gasteiger partial charge < -0.3 is 14.6 Å². The Bertz CT molecular complexity index is 827. The predicted molar refractivity (Wildman–Crippen MR) is 84.6 cm³/mol. The number of furan rings is 1. The molecule has 1 aliphatic rings. The molecule has 0 aliphatic carbocycles. The highest BCUT2D eigenvalue weighted by Gasteiger charge is 2.20. The molecular weight excluding hydrogens is 314 g/mol. The van der Waals surface area contributed by atoms with Gasteiger partial charge in [0, 0.05) is 25.7 Å². The van der Waals surface area contributed by atoms with Crippen molar-refractivity contribution in [3.05, 3.63) is 57.3 Å². The topological polar surface area (TPSA) is 106 Å². The zero-order valence-electron chi connectivity index (χ0n) is 12.9. The molecule has 0 radical (unpaired) electrons. The van der Waals surface area contributed by atoms with Crippen molar-refractivity contribution in [1.29, 1.82) is 0 Å². The van der Waals surface area contributed by atoms with Crippen molar-refractivity contribution in [2.45, 2.75) is 19.9 Å². The summed E-state index contributed by atoms with van der Waals surface area (Å²) in [5, 5.41) is 13.2. The lowest BCUT2D eigenvalue weighted by atomic mass is 9.99. The maximum atomic E-state index is 12.1. The van der Waals surface area contributed by atoms with Crippen LogP contribution in [0, 0.1) is 10.1 Å². The first-order valence-electron chi connectivity index (χ1n) is 7.37. The molecule has 1 aliphatic heterocycles. The van der Waals surface area contributed by atoms with E-state index < -0.39 is 16.7 Å². The molecule has 8 heteroatoms. The Morgan fingerprint density at radius 3 is 2.71 bits per heavy atom. The highest BCUT2D eigenvalue weighted by molar-refractivity contribution is 6.02. The Balaban J connectivity index is 1.76. The number of carbonyl (C=O) groups is 2. The van der Waals surface area contributed by atoms with Crippen LogP contribution < -0.4 is 5.32 Å². The Kier molecular flexibility index (Phi) is 4.03. The number of nitrogens with zero attached hydrogens (tertiary/aromatic N) is 2. The second-order valence-electron chi connectivity index (χ2n) is 5.52. The van der Waals surface area contributed by atoms with E-state index in [4.69, 9.17) is 4.42 Å². The number of rotatable bonds is 3. The lowest BCUT2D eigenvalue weighted by Crippen LogP contribution is -2.34. The number of amides is 2. The zero-order valence-corrected chi connectivity index (χ0v) is 12.9. The number of anilines is 1. The summed E-state index contributed by atoms with van der Waals surface area (Å²) < 4.78 is 4.88. The van der Waals surface area contributed by atoms with Crippen LogP contribution in [0.25, 0.3) is 0 Å². The van der Waals surface area contributed by atoms with Gasteiger partial charge in [-0.05, 0) is 35.7 Å². The number of carbonyl (C=O) groups excluding carboxylic acids is 2. The zero-order chi connectivity index (χ0) is 17.3. The van der Waals surface area contributed by atoms with E-state index in [1.807, 2.05) is 6.07 Å². The summed E-state index contributed by atoms with van der Waals surface area (Å²) in [5.41, 5.74) is 2.65.